The largest absolute Gasteiger partial charge is 0.394 e. The average molecular weight is 776 g/mol. The van der Waals surface area contributed by atoms with Crippen LogP contribution in [0.3, 0.4) is 0 Å². The molecule has 0 aliphatic carbocycles. The van der Waals surface area contributed by atoms with Crippen LogP contribution in [0.5, 0.6) is 0 Å². The SMILES string of the molecule is CCCCCCCCCCC/C=C/C(O)C(CO)NC(=O)CCCCCCCCCCCCCCCCCCCCCCCCCCCCCCCCCC. The Bertz CT molecular complexity index is 754. The van der Waals surface area contributed by atoms with Crippen LogP contribution in [0.2, 0.25) is 0 Å². The summed E-state index contributed by atoms with van der Waals surface area (Å²) in [5, 5.41) is 23.0. The molecule has 0 radical (unpaired) electrons. The number of carbonyl (C=O) groups is 1. The lowest BCUT2D eigenvalue weighted by Crippen LogP contribution is -2.45. The number of amides is 1. The van der Waals surface area contributed by atoms with Gasteiger partial charge in [-0.3, -0.25) is 4.79 Å². The minimum atomic E-state index is -0.833. The zero-order valence-corrected chi connectivity index (χ0v) is 37.7. The van der Waals surface area contributed by atoms with Crippen LogP contribution in [0.1, 0.15) is 290 Å². The van der Waals surface area contributed by atoms with E-state index in [0.29, 0.717) is 6.42 Å². The van der Waals surface area contributed by atoms with Crippen molar-refractivity contribution < 1.29 is 15.0 Å². The second-order valence-corrected chi connectivity index (χ2v) is 17.6. The number of allylic oxidation sites excluding steroid dienone is 1. The number of unbranched alkanes of at least 4 members (excludes halogenated alkanes) is 40. The van der Waals surface area contributed by atoms with Crippen LogP contribution in [0.25, 0.3) is 0 Å². The molecular weight excluding hydrogens is 675 g/mol. The maximum Gasteiger partial charge on any atom is 0.220 e. The van der Waals surface area contributed by atoms with Crippen molar-refractivity contribution in [2.24, 2.45) is 0 Å². The first-order valence-electron chi connectivity index (χ1n) is 25.4. The van der Waals surface area contributed by atoms with E-state index in [1.54, 1.807) is 6.08 Å². The molecule has 0 saturated heterocycles. The molecule has 0 aromatic carbocycles. The molecule has 0 fully saturated rings. The van der Waals surface area contributed by atoms with Crippen LogP contribution < -0.4 is 5.32 Å². The zero-order chi connectivity index (χ0) is 40.0. The monoisotopic (exact) mass is 776 g/mol. The van der Waals surface area contributed by atoms with Crippen molar-refractivity contribution in [2.45, 2.75) is 302 Å². The predicted molar refractivity (Wildman–Crippen MR) is 244 cm³/mol. The normalized spacial score (nSPS) is 12.9. The number of aliphatic hydroxyl groups is 2. The fourth-order valence-corrected chi connectivity index (χ4v) is 8.12. The van der Waals surface area contributed by atoms with Gasteiger partial charge < -0.3 is 15.5 Å². The van der Waals surface area contributed by atoms with Crippen LogP contribution in [-0.2, 0) is 4.79 Å². The van der Waals surface area contributed by atoms with Crippen molar-refractivity contribution in [3.63, 3.8) is 0 Å². The van der Waals surface area contributed by atoms with E-state index in [9.17, 15) is 15.0 Å². The molecule has 328 valence electrons. The van der Waals surface area contributed by atoms with E-state index in [-0.39, 0.29) is 12.5 Å². The lowest BCUT2D eigenvalue weighted by Gasteiger charge is -2.20. The van der Waals surface area contributed by atoms with Crippen molar-refractivity contribution in [3.05, 3.63) is 12.2 Å². The van der Waals surface area contributed by atoms with Gasteiger partial charge in [0.25, 0.3) is 0 Å². The Kier molecular flexibility index (Phi) is 46.8. The number of rotatable bonds is 47. The first-order chi connectivity index (χ1) is 27.2. The Hall–Kier alpha value is -0.870. The summed E-state index contributed by atoms with van der Waals surface area (Å²) in [6.45, 7) is 4.32. The van der Waals surface area contributed by atoms with Gasteiger partial charge in [-0.25, -0.2) is 0 Å². The summed E-state index contributed by atoms with van der Waals surface area (Å²) >= 11 is 0. The smallest absolute Gasteiger partial charge is 0.220 e. The quantitative estimate of drug-likeness (QED) is 0.0426. The summed E-state index contributed by atoms with van der Waals surface area (Å²) in [5.41, 5.74) is 0. The Balaban J connectivity index is 3.37. The molecule has 55 heavy (non-hydrogen) atoms. The van der Waals surface area contributed by atoms with Crippen LogP contribution in [0.4, 0.5) is 0 Å². The van der Waals surface area contributed by atoms with Gasteiger partial charge in [-0.1, -0.05) is 276 Å². The van der Waals surface area contributed by atoms with Gasteiger partial charge >= 0.3 is 0 Å². The van der Waals surface area contributed by atoms with Crippen molar-refractivity contribution >= 4 is 5.91 Å². The molecule has 0 heterocycles. The molecule has 0 aromatic heterocycles. The van der Waals surface area contributed by atoms with Gasteiger partial charge in [0.1, 0.15) is 0 Å². The lowest BCUT2D eigenvalue weighted by atomic mass is 10.0. The van der Waals surface area contributed by atoms with Gasteiger partial charge in [0.15, 0.2) is 0 Å². The number of hydrogen-bond donors (Lipinski definition) is 3. The first kappa shape index (κ1) is 54.1. The number of aliphatic hydroxyl groups excluding tert-OH is 2. The standard InChI is InChI=1S/C51H101NO3/c1-3-5-7-9-11-13-15-16-17-18-19-20-21-22-23-24-25-26-27-28-29-30-31-32-33-34-35-37-39-41-43-45-47-51(55)52-49(48-53)50(54)46-44-42-40-38-36-14-12-10-8-6-4-2/h44,46,49-50,53-54H,3-43,45,47-48H2,1-2H3,(H,52,55)/b46-44+. The molecule has 0 saturated carbocycles. The molecule has 0 rings (SSSR count). The van der Waals surface area contributed by atoms with Crippen molar-refractivity contribution in [3.8, 4) is 0 Å². The van der Waals surface area contributed by atoms with E-state index < -0.39 is 12.1 Å². The molecular formula is C51H101NO3. The van der Waals surface area contributed by atoms with Gasteiger partial charge in [-0.05, 0) is 19.3 Å². The molecule has 4 nitrogen and oxygen atoms in total. The van der Waals surface area contributed by atoms with Gasteiger partial charge in [-0.2, -0.15) is 0 Å². The fourth-order valence-electron chi connectivity index (χ4n) is 8.12. The third-order valence-corrected chi connectivity index (χ3v) is 12.0. The van der Waals surface area contributed by atoms with E-state index >= 15 is 0 Å². The summed E-state index contributed by atoms with van der Waals surface area (Å²) in [5.74, 6) is -0.0592. The van der Waals surface area contributed by atoms with Crippen LogP contribution >= 0.6 is 0 Å². The number of nitrogens with one attached hydrogen (secondary N) is 1. The predicted octanol–water partition coefficient (Wildman–Crippen LogP) is 16.2. The highest BCUT2D eigenvalue weighted by atomic mass is 16.3. The third kappa shape index (κ3) is 44.1. The van der Waals surface area contributed by atoms with Crippen molar-refractivity contribution in [2.75, 3.05) is 6.61 Å². The molecule has 2 atom stereocenters. The molecule has 0 spiro atoms. The Labute approximate surface area is 346 Å². The summed E-state index contributed by atoms with van der Waals surface area (Å²) in [7, 11) is 0. The van der Waals surface area contributed by atoms with Crippen LogP contribution in [0.15, 0.2) is 12.2 Å². The number of hydrogen-bond acceptors (Lipinski definition) is 3. The summed E-state index contributed by atoms with van der Waals surface area (Å²) in [6.07, 6.45) is 60.8. The van der Waals surface area contributed by atoms with Gasteiger partial charge in [-0.15, -0.1) is 0 Å². The van der Waals surface area contributed by atoms with Gasteiger partial charge in [0, 0.05) is 6.42 Å². The summed E-state index contributed by atoms with van der Waals surface area (Å²) in [4.78, 5) is 12.4. The molecule has 0 aromatic rings. The Morgan fingerprint density at radius 1 is 0.418 bits per heavy atom. The highest BCUT2D eigenvalue weighted by Crippen LogP contribution is 2.17. The topological polar surface area (TPSA) is 69.6 Å². The highest BCUT2D eigenvalue weighted by molar-refractivity contribution is 5.76. The fraction of sp³-hybridized carbons (Fsp3) is 0.941. The average Bonchev–Trinajstić information content (AvgIpc) is 3.19. The summed E-state index contributed by atoms with van der Waals surface area (Å²) in [6, 6.07) is -0.616. The number of carbonyl (C=O) groups excluding carboxylic acids is 1. The lowest BCUT2D eigenvalue weighted by molar-refractivity contribution is -0.123. The molecule has 0 aliphatic heterocycles. The van der Waals surface area contributed by atoms with E-state index in [1.807, 2.05) is 6.08 Å². The van der Waals surface area contributed by atoms with Crippen LogP contribution in [0, 0.1) is 0 Å². The molecule has 4 heteroatoms. The molecule has 3 N–H and O–H groups in total. The third-order valence-electron chi connectivity index (χ3n) is 12.0. The van der Waals surface area contributed by atoms with E-state index in [1.165, 1.54) is 244 Å². The van der Waals surface area contributed by atoms with E-state index in [0.717, 1.165) is 25.7 Å². The van der Waals surface area contributed by atoms with Crippen molar-refractivity contribution in [1.29, 1.82) is 0 Å². The second kappa shape index (κ2) is 47.5. The maximum atomic E-state index is 12.4. The molecule has 0 bridgehead atoms. The minimum absolute atomic E-state index is 0.0592. The Morgan fingerprint density at radius 3 is 0.945 bits per heavy atom. The van der Waals surface area contributed by atoms with Gasteiger partial charge in [0.05, 0.1) is 18.8 Å². The van der Waals surface area contributed by atoms with E-state index in [2.05, 4.69) is 19.2 Å². The molecule has 2 unspecified atom stereocenters. The van der Waals surface area contributed by atoms with Crippen molar-refractivity contribution in [1.82, 2.24) is 5.32 Å². The Morgan fingerprint density at radius 2 is 0.673 bits per heavy atom. The zero-order valence-electron chi connectivity index (χ0n) is 37.7. The maximum absolute atomic E-state index is 12.4. The van der Waals surface area contributed by atoms with E-state index in [4.69, 9.17) is 0 Å². The van der Waals surface area contributed by atoms with Gasteiger partial charge in [0.2, 0.25) is 5.91 Å². The summed E-state index contributed by atoms with van der Waals surface area (Å²) < 4.78 is 0. The van der Waals surface area contributed by atoms with Crippen LogP contribution in [-0.4, -0.2) is 34.9 Å². The minimum Gasteiger partial charge on any atom is -0.394 e. The molecule has 1 amide bonds. The highest BCUT2D eigenvalue weighted by Gasteiger charge is 2.18. The second-order valence-electron chi connectivity index (χ2n) is 17.6. The first-order valence-corrected chi connectivity index (χ1v) is 25.4. The molecule has 0 aliphatic rings.